The number of nitrogens with two attached hydrogens (primary N) is 1. The fourth-order valence-electron chi connectivity index (χ4n) is 2.74. The van der Waals surface area contributed by atoms with E-state index in [0.29, 0.717) is 17.6 Å². The van der Waals surface area contributed by atoms with Gasteiger partial charge in [-0.1, -0.05) is 12.1 Å². The molecule has 2 amide bonds. The summed E-state index contributed by atoms with van der Waals surface area (Å²) in [5.41, 5.74) is 5.53. The molecule has 4 N–H and O–H groups in total. The molecule has 0 aliphatic carbocycles. The Balaban J connectivity index is 2.03. The highest BCUT2D eigenvalue weighted by Gasteiger charge is 2.14. The van der Waals surface area contributed by atoms with Gasteiger partial charge in [0.2, 0.25) is 0 Å². The normalized spacial score (nSPS) is 10.7. The van der Waals surface area contributed by atoms with Crippen molar-refractivity contribution in [3.05, 3.63) is 74.3 Å². The molecule has 0 radical (unpaired) electrons. The number of carbonyl (C=O) groups excluding carboxylic acids is 2. The zero-order valence-electron chi connectivity index (χ0n) is 13.9. The lowest BCUT2D eigenvalue weighted by molar-refractivity contribution is 0.100. The molecule has 1 aromatic heterocycles. The molecule has 3 aromatic rings. The van der Waals surface area contributed by atoms with Crippen LogP contribution in [0.3, 0.4) is 0 Å². The number of carbonyl (C=O) groups is 2. The molecule has 0 aliphatic rings. The van der Waals surface area contributed by atoms with Gasteiger partial charge in [0.1, 0.15) is 0 Å². The monoisotopic (exact) mass is 352 g/mol. The predicted molar refractivity (Wildman–Crippen MR) is 97.4 cm³/mol. The number of aryl methyl sites for hydroxylation is 1. The number of nitrogens with one attached hydrogen (secondary N) is 2. The molecule has 0 bridgehead atoms. The molecular weight excluding hydrogens is 336 g/mol. The number of fused-ring (bicyclic) bond motifs is 1. The van der Waals surface area contributed by atoms with Gasteiger partial charge in [-0.05, 0) is 37.3 Å². The molecule has 0 fully saturated rings. The third-order valence-electron chi connectivity index (χ3n) is 3.99. The summed E-state index contributed by atoms with van der Waals surface area (Å²) in [4.78, 5) is 50.1. The maximum atomic E-state index is 12.5. The molecule has 8 nitrogen and oxygen atoms in total. The van der Waals surface area contributed by atoms with Crippen LogP contribution in [0.1, 0.15) is 27.6 Å². The predicted octanol–water partition coefficient (Wildman–Crippen LogP) is 1.06. The summed E-state index contributed by atoms with van der Waals surface area (Å²) < 4.78 is 1.33. The highest BCUT2D eigenvalue weighted by molar-refractivity contribution is 6.09. The maximum absolute atomic E-state index is 12.5. The Morgan fingerprint density at radius 2 is 1.88 bits per heavy atom. The second kappa shape index (κ2) is 6.67. The van der Waals surface area contributed by atoms with Gasteiger partial charge in [-0.3, -0.25) is 19.2 Å². The van der Waals surface area contributed by atoms with Crippen LogP contribution in [0.15, 0.2) is 52.1 Å². The van der Waals surface area contributed by atoms with Gasteiger partial charge in [0.25, 0.3) is 11.8 Å². The van der Waals surface area contributed by atoms with Crippen molar-refractivity contribution in [1.29, 1.82) is 0 Å². The van der Waals surface area contributed by atoms with Gasteiger partial charge in [-0.25, -0.2) is 0 Å². The molecule has 0 atom stereocenters. The van der Waals surface area contributed by atoms with E-state index in [-0.39, 0.29) is 16.8 Å². The molecule has 132 valence electrons. The fraction of sp³-hybridized carbons (Fsp3) is 0.111. The highest BCUT2D eigenvalue weighted by atomic mass is 16.2. The number of primary amides is 1. The Morgan fingerprint density at radius 1 is 1.15 bits per heavy atom. The largest absolute Gasteiger partial charge is 0.366 e. The van der Waals surface area contributed by atoms with Gasteiger partial charge in [0.15, 0.2) is 0 Å². The number of hydrogen-bond donors (Lipinski definition) is 3. The van der Waals surface area contributed by atoms with E-state index in [4.69, 9.17) is 5.73 Å². The van der Waals surface area contributed by atoms with Gasteiger partial charge in [-0.2, -0.15) is 0 Å². The first kappa shape index (κ1) is 17.2. The second-order valence-corrected chi connectivity index (χ2v) is 5.60. The molecule has 8 heteroatoms. The van der Waals surface area contributed by atoms with Crippen LogP contribution in [-0.4, -0.2) is 21.4 Å². The molecule has 0 saturated heterocycles. The number of nitrogens with zero attached hydrogens (tertiary/aromatic N) is 1. The Bertz CT molecular complexity index is 1140. The zero-order chi connectivity index (χ0) is 18.8. The van der Waals surface area contributed by atoms with Crippen LogP contribution < -0.4 is 22.2 Å². The van der Waals surface area contributed by atoms with Crippen LogP contribution in [0.2, 0.25) is 0 Å². The standard InChI is InChI=1S/C18H16N4O4/c1-2-22-14-8-7-10(9-13(14)21-17(25)18(22)26)16(24)20-12-6-4-3-5-11(12)15(19)23/h3-9H,2H2,1H3,(H2,19,23)(H,20,24)(H,21,25). The van der Waals surface area contributed by atoms with Crippen LogP contribution >= 0.6 is 0 Å². The molecule has 3 rings (SSSR count). The van der Waals surface area contributed by atoms with E-state index in [1.54, 1.807) is 31.2 Å². The highest BCUT2D eigenvalue weighted by Crippen LogP contribution is 2.17. The van der Waals surface area contributed by atoms with E-state index in [0.717, 1.165) is 0 Å². The molecule has 2 aromatic carbocycles. The van der Waals surface area contributed by atoms with Crippen molar-refractivity contribution in [2.24, 2.45) is 5.73 Å². The lowest BCUT2D eigenvalue weighted by Gasteiger charge is -2.11. The van der Waals surface area contributed by atoms with E-state index in [1.165, 1.54) is 22.8 Å². The smallest absolute Gasteiger partial charge is 0.316 e. The Hall–Kier alpha value is -3.68. The quantitative estimate of drug-likeness (QED) is 0.607. The lowest BCUT2D eigenvalue weighted by atomic mass is 10.1. The lowest BCUT2D eigenvalue weighted by Crippen LogP contribution is -2.36. The third kappa shape index (κ3) is 3.00. The van der Waals surface area contributed by atoms with Gasteiger partial charge in [-0.15, -0.1) is 0 Å². The minimum Gasteiger partial charge on any atom is -0.366 e. The average molecular weight is 352 g/mol. The van der Waals surface area contributed by atoms with Crippen LogP contribution in [0.25, 0.3) is 11.0 Å². The van der Waals surface area contributed by atoms with Crippen LogP contribution in [0, 0.1) is 0 Å². The van der Waals surface area contributed by atoms with Crippen molar-refractivity contribution in [3.63, 3.8) is 0 Å². The zero-order valence-corrected chi connectivity index (χ0v) is 13.9. The Morgan fingerprint density at radius 3 is 2.58 bits per heavy atom. The van der Waals surface area contributed by atoms with Crippen molar-refractivity contribution >= 4 is 28.5 Å². The van der Waals surface area contributed by atoms with Crippen LogP contribution in [0.4, 0.5) is 5.69 Å². The number of hydrogen-bond acceptors (Lipinski definition) is 4. The molecule has 0 unspecified atom stereocenters. The van der Waals surface area contributed by atoms with Crippen molar-refractivity contribution in [2.45, 2.75) is 13.5 Å². The van der Waals surface area contributed by atoms with Crippen molar-refractivity contribution in [2.75, 3.05) is 5.32 Å². The number of aromatic amines is 1. The minimum absolute atomic E-state index is 0.190. The summed E-state index contributed by atoms with van der Waals surface area (Å²) in [6.45, 7) is 2.08. The van der Waals surface area contributed by atoms with E-state index >= 15 is 0 Å². The van der Waals surface area contributed by atoms with Crippen molar-refractivity contribution < 1.29 is 9.59 Å². The molecule has 0 saturated carbocycles. The summed E-state index contributed by atoms with van der Waals surface area (Å²) in [5, 5.41) is 2.63. The summed E-state index contributed by atoms with van der Waals surface area (Å²) >= 11 is 0. The number of amides is 2. The molecule has 26 heavy (non-hydrogen) atoms. The molecule has 1 heterocycles. The topological polar surface area (TPSA) is 127 Å². The van der Waals surface area contributed by atoms with Crippen LogP contribution in [-0.2, 0) is 6.54 Å². The summed E-state index contributed by atoms with van der Waals surface area (Å²) in [6.07, 6.45) is 0. The van der Waals surface area contributed by atoms with E-state index < -0.39 is 22.9 Å². The minimum atomic E-state index is -0.754. The van der Waals surface area contributed by atoms with Gasteiger partial charge < -0.3 is 20.6 Å². The number of H-pyrrole nitrogens is 1. The Labute approximate surface area is 147 Å². The van der Waals surface area contributed by atoms with Gasteiger partial charge in [0, 0.05) is 12.1 Å². The van der Waals surface area contributed by atoms with Crippen molar-refractivity contribution in [1.82, 2.24) is 9.55 Å². The number of anilines is 1. The van der Waals surface area contributed by atoms with E-state index in [9.17, 15) is 19.2 Å². The number of rotatable bonds is 4. The summed E-state index contributed by atoms with van der Waals surface area (Å²) in [7, 11) is 0. The fourth-order valence-corrected chi connectivity index (χ4v) is 2.74. The van der Waals surface area contributed by atoms with Gasteiger partial charge >= 0.3 is 11.1 Å². The van der Waals surface area contributed by atoms with E-state index in [1.807, 2.05) is 0 Å². The maximum Gasteiger partial charge on any atom is 0.316 e. The SMILES string of the molecule is CCn1c(=O)c(=O)[nH]c2cc(C(=O)Nc3ccccc3C(N)=O)ccc21. The van der Waals surface area contributed by atoms with Gasteiger partial charge in [0.05, 0.1) is 22.3 Å². The molecule has 0 spiro atoms. The van der Waals surface area contributed by atoms with Crippen molar-refractivity contribution in [3.8, 4) is 0 Å². The number of benzene rings is 2. The summed E-state index contributed by atoms with van der Waals surface area (Å²) in [6, 6.07) is 11.0. The number of para-hydroxylation sites is 1. The first-order valence-corrected chi connectivity index (χ1v) is 7.89. The first-order chi connectivity index (χ1) is 12.4. The molecular formula is C18H16N4O4. The van der Waals surface area contributed by atoms with E-state index in [2.05, 4.69) is 10.3 Å². The number of aromatic nitrogens is 2. The summed E-state index contributed by atoms with van der Waals surface area (Å²) in [5.74, 6) is -1.13. The van der Waals surface area contributed by atoms with Crippen LogP contribution in [0.5, 0.6) is 0 Å². The second-order valence-electron chi connectivity index (χ2n) is 5.60. The molecule has 0 aliphatic heterocycles. The average Bonchev–Trinajstić information content (AvgIpc) is 2.62. The first-order valence-electron chi connectivity index (χ1n) is 7.89. The third-order valence-corrected chi connectivity index (χ3v) is 3.99. The Kier molecular flexibility index (Phi) is 4.40.